The highest BCUT2D eigenvalue weighted by molar-refractivity contribution is 6.33. The number of rotatable bonds is 5. The van der Waals surface area contributed by atoms with E-state index in [0.717, 1.165) is 11.1 Å². The fourth-order valence-corrected chi connectivity index (χ4v) is 2.85. The molecule has 0 saturated heterocycles. The van der Waals surface area contributed by atoms with E-state index in [9.17, 15) is 14.7 Å². The summed E-state index contributed by atoms with van der Waals surface area (Å²) in [7, 11) is 0. The van der Waals surface area contributed by atoms with E-state index in [1.165, 1.54) is 23.4 Å². The third-order valence-electron chi connectivity index (χ3n) is 3.73. The first kappa shape index (κ1) is 17.6. The summed E-state index contributed by atoms with van der Waals surface area (Å²) in [6.45, 7) is 1.86. The van der Waals surface area contributed by atoms with Crippen LogP contribution >= 0.6 is 11.6 Å². The van der Waals surface area contributed by atoms with Crippen LogP contribution in [0.3, 0.4) is 0 Å². The average molecular weight is 371 g/mol. The predicted molar refractivity (Wildman–Crippen MR) is 97.2 cm³/mol. The fraction of sp³-hybridized carbons (Fsp3) is 0.111. The molecule has 0 bridgehead atoms. The summed E-state index contributed by atoms with van der Waals surface area (Å²) in [5.74, 6) is -1.55. The molecule has 0 aliphatic rings. The van der Waals surface area contributed by atoms with Crippen molar-refractivity contribution in [2.75, 3.05) is 5.32 Å². The van der Waals surface area contributed by atoms with Crippen LogP contribution in [0, 0.1) is 6.92 Å². The van der Waals surface area contributed by atoms with E-state index >= 15 is 0 Å². The molecule has 0 unspecified atom stereocenters. The number of nitrogens with one attached hydrogen (secondary N) is 1. The molecule has 3 rings (SSSR count). The van der Waals surface area contributed by atoms with Gasteiger partial charge in [0.05, 0.1) is 11.3 Å². The van der Waals surface area contributed by atoms with Gasteiger partial charge in [-0.25, -0.2) is 14.5 Å². The van der Waals surface area contributed by atoms with Crippen LogP contribution in [0.25, 0.3) is 11.1 Å². The van der Waals surface area contributed by atoms with Gasteiger partial charge >= 0.3 is 5.97 Å². The van der Waals surface area contributed by atoms with Crippen molar-refractivity contribution in [1.29, 1.82) is 0 Å². The number of carboxylic acid groups (broad SMARTS) is 1. The number of benzene rings is 2. The molecule has 3 aromatic rings. The van der Waals surface area contributed by atoms with Gasteiger partial charge in [0, 0.05) is 10.6 Å². The number of carbonyl (C=O) groups is 2. The summed E-state index contributed by atoms with van der Waals surface area (Å²) in [6.07, 6.45) is 2.72. The molecule has 0 aliphatic carbocycles. The Morgan fingerprint density at radius 1 is 1.23 bits per heavy atom. The second-order valence-corrected chi connectivity index (χ2v) is 6.10. The van der Waals surface area contributed by atoms with E-state index in [0.29, 0.717) is 10.6 Å². The van der Waals surface area contributed by atoms with E-state index in [1.807, 2.05) is 25.1 Å². The van der Waals surface area contributed by atoms with Crippen molar-refractivity contribution in [2.24, 2.45) is 0 Å². The molecule has 8 heteroatoms. The van der Waals surface area contributed by atoms with E-state index in [2.05, 4.69) is 15.4 Å². The number of carboxylic acids is 1. The second-order valence-electron chi connectivity index (χ2n) is 5.69. The molecule has 26 heavy (non-hydrogen) atoms. The van der Waals surface area contributed by atoms with Gasteiger partial charge in [-0.15, -0.1) is 0 Å². The molecule has 7 nitrogen and oxygen atoms in total. The second kappa shape index (κ2) is 7.37. The van der Waals surface area contributed by atoms with Gasteiger partial charge in [0.2, 0.25) is 5.91 Å². The Labute approximate surface area is 154 Å². The highest BCUT2D eigenvalue weighted by Gasteiger charge is 2.15. The summed E-state index contributed by atoms with van der Waals surface area (Å²) in [6, 6.07) is 10.3. The first-order valence-electron chi connectivity index (χ1n) is 7.70. The van der Waals surface area contributed by atoms with Crippen molar-refractivity contribution < 1.29 is 14.7 Å². The Kier molecular flexibility index (Phi) is 4.99. The van der Waals surface area contributed by atoms with Crippen molar-refractivity contribution in [3.05, 3.63) is 65.2 Å². The number of hydrogen-bond acceptors (Lipinski definition) is 4. The van der Waals surface area contributed by atoms with E-state index in [1.54, 1.807) is 12.1 Å². The maximum Gasteiger partial charge on any atom is 0.337 e. The normalized spacial score (nSPS) is 10.5. The SMILES string of the molecule is Cc1ccc(-c2ccc(NC(=O)Cn3cncn3)c(C(=O)O)c2)c(Cl)c1. The molecule has 2 N–H and O–H groups in total. The molecule has 1 aromatic heterocycles. The molecule has 0 radical (unpaired) electrons. The third kappa shape index (κ3) is 3.89. The largest absolute Gasteiger partial charge is 0.478 e. The van der Waals surface area contributed by atoms with Crippen molar-refractivity contribution in [3.8, 4) is 11.1 Å². The maximum atomic E-state index is 12.1. The lowest BCUT2D eigenvalue weighted by Crippen LogP contribution is -2.20. The molecule has 0 fully saturated rings. The topological polar surface area (TPSA) is 97.1 Å². The van der Waals surface area contributed by atoms with Crippen LogP contribution in [0.2, 0.25) is 5.02 Å². The van der Waals surface area contributed by atoms with E-state index < -0.39 is 11.9 Å². The maximum absolute atomic E-state index is 12.1. The van der Waals surface area contributed by atoms with Gasteiger partial charge in [0.15, 0.2) is 0 Å². The smallest absolute Gasteiger partial charge is 0.337 e. The summed E-state index contributed by atoms with van der Waals surface area (Å²) in [5.41, 5.74) is 2.57. The number of aromatic carboxylic acids is 1. The Balaban J connectivity index is 1.89. The first-order valence-corrected chi connectivity index (χ1v) is 8.08. The van der Waals surface area contributed by atoms with Crippen molar-refractivity contribution in [1.82, 2.24) is 14.8 Å². The average Bonchev–Trinajstić information content (AvgIpc) is 3.08. The molecule has 0 atom stereocenters. The van der Waals surface area contributed by atoms with E-state index in [4.69, 9.17) is 11.6 Å². The van der Waals surface area contributed by atoms with Crippen LogP contribution in [0.1, 0.15) is 15.9 Å². The highest BCUT2D eigenvalue weighted by Crippen LogP contribution is 2.31. The zero-order chi connectivity index (χ0) is 18.7. The Morgan fingerprint density at radius 3 is 2.69 bits per heavy atom. The number of aryl methyl sites for hydroxylation is 1. The molecule has 0 aliphatic heterocycles. The predicted octanol–water partition coefficient (Wildman–Crippen LogP) is 3.24. The van der Waals surface area contributed by atoms with Gasteiger partial charge in [-0.2, -0.15) is 5.10 Å². The van der Waals surface area contributed by atoms with E-state index in [-0.39, 0.29) is 17.8 Å². The summed E-state index contributed by atoms with van der Waals surface area (Å²) in [4.78, 5) is 27.5. The van der Waals surface area contributed by atoms with Gasteiger partial charge in [-0.3, -0.25) is 4.79 Å². The molecular formula is C18H15ClN4O3. The lowest BCUT2D eigenvalue weighted by molar-refractivity contribution is -0.116. The minimum absolute atomic E-state index is 0.0221. The zero-order valence-corrected chi connectivity index (χ0v) is 14.6. The van der Waals surface area contributed by atoms with Crippen molar-refractivity contribution in [3.63, 3.8) is 0 Å². The highest BCUT2D eigenvalue weighted by atomic mass is 35.5. The summed E-state index contributed by atoms with van der Waals surface area (Å²) >= 11 is 6.27. The third-order valence-corrected chi connectivity index (χ3v) is 4.04. The minimum atomic E-state index is -1.15. The molecular weight excluding hydrogens is 356 g/mol. The number of amides is 1. The first-order chi connectivity index (χ1) is 12.4. The van der Waals surface area contributed by atoms with Gasteiger partial charge in [-0.1, -0.05) is 29.8 Å². The Hall–Kier alpha value is -3.19. The monoisotopic (exact) mass is 370 g/mol. The van der Waals surface area contributed by atoms with Crippen LogP contribution in [-0.4, -0.2) is 31.7 Å². The number of aromatic nitrogens is 3. The van der Waals surface area contributed by atoms with Gasteiger partial charge < -0.3 is 10.4 Å². The van der Waals surface area contributed by atoms with Gasteiger partial charge in [0.1, 0.15) is 19.2 Å². The molecule has 0 spiro atoms. The molecule has 0 saturated carbocycles. The number of carbonyl (C=O) groups excluding carboxylic acids is 1. The number of hydrogen-bond donors (Lipinski definition) is 2. The number of halogens is 1. The molecule has 1 heterocycles. The fourth-order valence-electron chi connectivity index (χ4n) is 2.50. The van der Waals surface area contributed by atoms with Crippen molar-refractivity contribution in [2.45, 2.75) is 13.5 Å². The molecule has 132 valence electrons. The quantitative estimate of drug-likeness (QED) is 0.718. The van der Waals surface area contributed by atoms with Crippen molar-refractivity contribution >= 4 is 29.2 Å². The van der Waals surface area contributed by atoms with Crippen LogP contribution in [0.5, 0.6) is 0 Å². The van der Waals surface area contributed by atoms with Crippen LogP contribution in [0.15, 0.2) is 49.1 Å². The molecule has 2 aromatic carbocycles. The lowest BCUT2D eigenvalue weighted by atomic mass is 10.0. The van der Waals surface area contributed by atoms with Gasteiger partial charge in [-0.05, 0) is 36.2 Å². The summed E-state index contributed by atoms with van der Waals surface area (Å²) < 4.78 is 1.34. The van der Waals surface area contributed by atoms with Crippen LogP contribution in [-0.2, 0) is 11.3 Å². The number of anilines is 1. The minimum Gasteiger partial charge on any atom is -0.478 e. The van der Waals surface area contributed by atoms with Crippen LogP contribution in [0.4, 0.5) is 5.69 Å². The lowest BCUT2D eigenvalue weighted by Gasteiger charge is -2.12. The van der Waals surface area contributed by atoms with Gasteiger partial charge in [0.25, 0.3) is 0 Å². The summed E-state index contributed by atoms with van der Waals surface area (Å²) in [5, 5.41) is 16.5. The standard InChI is InChI=1S/C18H15ClN4O3/c1-11-2-4-13(15(19)6-11)12-3-5-16(14(7-12)18(25)26)22-17(24)8-23-10-20-9-21-23/h2-7,9-10H,8H2,1H3,(H,22,24)(H,25,26). The molecule has 1 amide bonds. The zero-order valence-electron chi connectivity index (χ0n) is 13.8. The Morgan fingerprint density at radius 2 is 2.04 bits per heavy atom. The Bertz CT molecular complexity index is 971. The van der Waals surface area contributed by atoms with Crippen LogP contribution < -0.4 is 5.32 Å². The number of nitrogens with zero attached hydrogens (tertiary/aromatic N) is 3.